The number of hydrogen-bond acceptors (Lipinski definition) is 5. The van der Waals surface area contributed by atoms with E-state index in [0.29, 0.717) is 5.69 Å². The summed E-state index contributed by atoms with van der Waals surface area (Å²) in [6, 6.07) is 12.5. The molecule has 2 aromatic rings. The van der Waals surface area contributed by atoms with Crippen molar-refractivity contribution < 1.29 is 22.7 Å². The number of para-hydroxylation sites is 1. The largest absolute Gasteiger partial charge is 0.524 e. The highest BCUT2D eigenvalue weighted by molar-refractivity contribution is 5.81. The highest BCUT2D eigenvalue weighted by Gasteiger charge is 2.36. The Hall–Kier alpha value is -2.78. The quantitative estimate of drug-likeness (QED) is 0.529. The highest BCUT2D eigenvalue weighted by Crippen LogP contribution is 2.33. The van der Waals surface area contributed by atoms with Crippen LogP contribution in [0.25, 0.3) is 0 Å². The molecule has 1 aliphatic heterocycles. The monoisotopic (exact) mass is 476 g/mol. The molecule has 184 valence electrons. The second-order valence-electron chi connectivity index (χ2n) is 9.19. The van der Waals surface area contributed by atoms with E-state index in [1.165, 1.54) is 30.0 Å². The Morgan fingerprint density at radius 2 is 1.94 bits per heavy atom. The van der Waals surface area contributed by atoms with Crippen molar-refractivity contribution in [1.82, 2.24) is 10.2 Å². The lowest BCUT2D eigenvalue weighted by Gasteiger charge is -2.30. The normalized spacial score (nSPS) is 17.1. The molecule has 1 fully saturated rings. The fourth-order valence-electron chi connectivity index (χ4n) is 4.45. The smallest absolute Gasteiger partial charge is 0.377 e. The number of hydrogen-bond donors (Lipinski definition) is 2. The van der Waals surface area contributed by atoms with Crippen LogP contribution >= 0.6 is 0 Å². The zero-order chi connectivity index (χ0) is 24.3. The molecule has 1 aliphatic carbocycles. The maximum Gasteiger partial charge on any atom is 0.524 e. The van der Waals surface area contributed by atoms with Gasteiger partial charge in [-0.3, -0.25) is 14.4 Å². The highest BCUT2D eigenvalue weighted by atomic mass is 19.4. The van der Waals surface area contributed by atoms with E-state index in [0.717, 1.165) is 37.7 Å². The molecule has 0 saturated heterocycles. The predicted octanol–water partition coefficient (Wildman–Crippen LogP) is 4.28. The lowest BCUT2D eigenvalue weighted by molar-refractivity contribution is -0.347. The van der Waals surface area contributed by atoms with Crippen LogP contribution in [0.15, 0.2) is 42.5 Å². The van der Waals surface area contributed by atoms with Gasteiger partial charge in [0, 0.05) is 50.7 Å². The minimum atomic E-state index is -4.91. The number of rotatable bonds is 9. The van der Waals surface area contributed by atoms with E-state index < -0.39 is 18.5 Å². The van der Waals surface area contributed by atoms with Crippen molar-refractivity contribution in [2.75, 3.05) is 43.9 Å². The minimum Gasteiger partial charge on any atom is -0.377 e. The summed E-state index contributed by atoms with van der Waals surface area (Å²) in [7, 11) is 3.44. The summed E-state index contributed by atoms with van der Waals surface area (Å²) >= 11 is 0. The van der Waals surface area contributed by atoms with E-state index in [1.807, 2.05) is 12.1 Å². The Morgan fingerprint density at radius 3 is 2.65 bits per heavy atom. The summed E-state index contributed by atoms with van der Waals surface area (Å²) in [4.78, 5) is 16.8. The van der Waals surface area contributed by atoms with Crippen molar-refractivity contribution in [3.63, 3.8) is 0 Å². The van der Waals surface area contributed by atoms with Crippen LogP contribution in [-0.2, 0) is 22.5 Å². The molecular formula is C25H31F3N4O2. The molecule has 1 saturated carbocycles. The summed E-state index contributed by atoms with van der Waals surface area (Å²) in [6.07, 6.45) is -3.05. The topological polar surface area (TPSA) is 56.8 Å². The van der Waals surface area contributed by atoms with Crippen LogP contribution in [0, 0.1) is 5.92 Å². The van der Waals surface area contributed by atoms with Crippen LogP contribution < -0.4 is 15.5 Å². The average molecular weight is 477 g/mol. The van der Waals surface area contributed by atoms with Crippen molar-refractivity contribution in [3.05, 3.63) is 59.2 Å². The lowest BCUT2D eigenvalue weighted by atomic mass is 9.97. The first kappa shape index (κ1) is 24.3. The van der Waals surface area contributed by atoms with Gasteiger partial charge in [-0.05, 0) is 48.4 Å². The third-order valence-corrected chi connectivity index (χ3v) is 6.24. The van der Waals surface area contributed by atoms with Gasteiger partial charge in [-0.25, -0.2) is 0 Å². The number of nitrogens with zero attached hydrogens (tertiary/aromatic N) is 2. The van der Waals surface area contributed by atoms with Crippen LogP contribution in [-0.4, -0.2) is 50.9 Å². The summed E-state index contributed by atoms with van der Waals surface area (Å²) < 4.78 is 43.6. The molecule has 34 heavy (non-hydrogen) atoms. The molecule has 0 spiro atoms. The minimum absolute atomic E-state index is 0.163. The first-order valence-electron chi connectivity index (χ1n) is 11.6. The molecular weight excluding hydrogens is 445 g/mol. The number of anilines is 2. The number of ether oxygens (including phenoxy) is 1. The third kappa shape index (κ3) is 6.42. The summed E-state index contributed by atoms with van der Waals surface area (Å²) in [5, 5.41) is 5.51. The SMILES string of the molecule is CN(C)c1ccccc1C(NC(=O)CNc1cccc2c1CCN(CC1CC1)C2)OC(F)(F)F. The molecule has 4 rings (SSSR count). The van der Waals surface area contributed by atoms with Gasteiger partial charge in [0.1, 0.15) is 0 Å². The Morgan fingerprint density at radius 1 is 1.18 bits per heavy atom. The van der Waals surface area contributed by atoms with Gasteiger partial charge in [0.15, 0.2) is 6.23 Å². The zero-order valence-electron chi connectivity index (χ0n) is 19.5. The molecule has 0 bridgehead atoms. The second kappa shape index (κ2) is 10.2. The van der Waals surface area contributed by atoms with E-state index in [-0.39, 0.29) is 12.1 Å². The van der Waals surface area contributed by atoms with E-state index in [4.69, 9.17) is 0 Å². The van der Waals surface area contributed by atoms with E-state index in [1.54, 1.807) is 37.2 Å². The molecule has 2 N–H and O–H groups in total. The molecule has 9 heteroatoms. The number of fused-ring (bicyclic) bond motifs is 1. The van der Waals surface area contributed by atoms with Gasteiger partial charge >= 0.3 is 6.36 Å². The number of alkyl halides is 3. The average Bonchev–Trinajstić information content (AvgIpc) is 3.60. The first-order chi connectivity index (χ1) is 16.2. The molecule has 1 unspecified atom stereocenters. The Labute approximate surface area is 198 Å². The zero-order valence-corrected chi connectivity index (χ0v) is 19.5. The van der Waals surface area contributed by atoms with Crippen LogP contribution in [0.4, 0.5) is 24.5 Å². The molecule has 0 aromatic heterocycles. The maximum absolute atomic E-state index is 13.1. The number of amides is 1. The lowest BCUT2D eigenvalue weighted by Crippen LogP contribution is -2.38. The van der Waals surface area contributed by atoms with E-state index in [2.05, 4.69) is 26.3 Å². The van der Waals surface area contributed by atoms with Crippen molar-refractivity contribution in [1.29, 1.82) is 0 Å². The molecule has 6 nitrogen and oxygen atoms in total. The first-order valence-corrected chi connectivity index (χ1v) is 11.6. The number of nitrogens with one attached hydrogen (secondary N) is 2. The second-order valence-corrected chi connectivity index (χ2v) is 9.19. The van der Waals surface area contributed by atoms with Crippen LogP contribution in [0.5, 0.6) is 0 Å². The van der Waals surface area contributed by atoms with E-state index >= 15 is 0 Å². The Kier molecular flexibility index (Phi) is 7.33. The summed E-state index contributed by atoms with van der Waals surface area (Å²) in [5.74, 6) is 0.239. The van der Waals surface area contributed by atoms with Crippen molar-refractivity contribution in [2.45, 2.75) is 38.4 Å². The van der Waals surface area contributed by atoms with Gasteiger partial charge in [-0.15, -0.1) is 13.2 Å². The van der Waals surface area contributed by atoms with Crippen LogP contribution in [0.3, 0.4) is 0 Å². The van der Waals surface area contributed by atoms with Crippen molar-refractivity contribution in [3.8, 4) is 0 Å². The number of carbonyl (C=O) groups is 1. The van der Waals surface area contributed by atoms with Gasteiger partial charge < -0.3 is 15.5 Å². The van der Waals surface area contributed by atoms with Crippen molar-refractivity contribution in [2.24, 2.45) is 5.92 Å². The molecule has 1 amide bonds. The molecule has 2 aromatic carbocycles. The third-order valence-electron chi connectivity index (χ3n) is 6.24. The predicted molar refractivity (Wildman–Crippen MR) is 125 cm³/mol. The van der Waals surface area contributed by atoms with Crippen LogP contribution in [0.2, 0.25) is 0 Å². The standard InChI is InChI=1S/C25H31F3N4O2/c1-31(2)22-9-4-3-7-20(22)24(34-25(26,27)28)30-23(33)14-29-21-8-5-6-18-16-32(13-12-19(18)21)15-17-10-11-17/h3-9,17,24,29H,10-16H2,1-2H3,(H,30,33). The molecule has 2 aliphatic rings. The van der Waals surface area contributed by atoms with Crippen molar-refractivity contribution >= 4 is 17.3 Å². The van der Waals surface area contributed by atoms with Gasteiger partial charge in [-0.1, -0.05) is 30.3 Å². The van der Waals surface area contributed by atoms with Gasteiger partial charge in [0.25, 0.3) is 0 Å². The Bertz CT molecular complexity index is 1010. The van der Waals surface area contributed by atoms with Gasteiger partial charge in [0.05, 0.1) is 6.54 Å². The van der Waals surface area contributed by atoms with Gasteiger partial charge in [0.2, 0.25) is 5.91 Å². The summed E-state index contributed by atoms with van der Waals surface area (Å²) in [5.41, 5.74) is 4.00. The number of halogens is 3. The molecule has 1 heterocycles. The Balaban J connectivity index is 1.42. The number of carbonyl (C=O) groups excluding carboxylic acids is 1. The van der Waals surface area contributed by atoms with Crippen LogP contribution in [0.1, 0.15) is 35.8 Å². The maximum atomic E-state index is 13.1. The fraction of sp³-hybridized carbons (Fsp3) is 0.480. The molecule has 0 radical (unpaired) electrons. The summed E-state index contributed by atoms with van der Waals surface area (Å²) in [6.45, 7) is 2.83. The number of benzene rings is 2. The van der Waals surface area contributed by atoms with Gasteiger partial charge in [-0.2, -0.15) is 0 Å². The molecule has 1 atom stereocenters. The fourth-order valence-corrected chi connectivity index (χ4v) is 4.45. The van der Waals surface area contributed by atoms with E-state index in [9.17, 15) is 18.0 Å².